The zero-order valence-corrected chi connectivity index (χ0v) is 15.9. The highest BCUT2D eigenvalue weighted by molar-refractivity contribution is 6.06. The number of anilines is 1. The summed E-state index contributed by atoms with van der Waals surface area (Å²) in [5.74, 6) is 0.00709. The van der Waals surface area contributed by atoms with Crippen LogP contribution < -0.4 is 10.9 Å². The van der Waals surface area contributed by atoms with E-state index in [9.17, 15) is 9.59 Å². The van der Waals surface area contributed by atoms with Crippen LogP contribution in [0.5, 0.6) is 0 Å². The number of benzene rings is 3. The predicted molar refractivity (Wildman–Crippen MR) is 114 cm³/mol. The fourth-order valence-electron chi connectivity index (χ4n) is 4.10. The Balaban J connectivity index is 1.61. The van der Waals surface area contributed by atoms with Gasteiger partial charge in [-0.1, -0.05) is 42.5 Å². The van der Waals surface area contributed by atoms with Crippen molar-refractivity contribution in [1.29, 1.82) is 0 Å². The number of carbonyl (C=O) groups is 1. The topological polar surface area (TPSA) is 74.8 Å². The molecule has 0 bridgehead atoms. The minimum absolute atomic E-state index is 0.00709. The van der Waals surface area contributed by atoms with Crippen molar-refractivity contribution >= 4 is 22.5 Å². The first-order valence-corrected chi connectivity index (χ1v) is 9.52. The number of aromatic nitrogens is 2. The molecule has 4 aromatic rings. The van der Waals surface area contributed by atoms with Crippen molar-refractivity contribution in [2.24, 2.45) is 0 Å². The van der Waals surface area contributed by atoms with E-state index >= 15 is 0 Å². The molecular formula is C24H19N3O2. The van der Waals surface area contributed by atoms with Gasteiger partial charge in [0.15, 0.2) is 0 Å². The lowest BCUT2D eigenvalue weighted by molar-refractivity contribution is -0.120. The van der Waals surface area contributed by atoms with E-state index in [1.807, 2.05) is 67.6 Å². The first-order valence-electron chi connectivity index (χ1n) is 9.52. The Morgan fingerprint density at radius 3 is 2.52 bits per heavy atom. The lowest BCUT2D eigenvalue weighted by Gasteiger charge is -2.23. The molecule has 0 radical (unpaired) electrons. The van der Waals surface area contributed by atoms with Crippen molar-refractivity contribution in [2.45, 2.75) is 18.8 Å². The fourth-order valence-corrected chi connectivity index (χ4v) is 4.10. The molecule has 29 heavy (non-hydrogen) atoms. The van der Waals surface area contributed by atoms with Crippen LogP contribution in [0.2, 0.25) is 0 Å². The van der Waals surface area contributed by atoms with E-state index in [4.69, 9.17) is 0 Å². The Bertz CT molecular complexity index is 1310. The van der Waals surface area contributed by atoms with Gasteiger partial charge in [0.25, 0.3) is 5.56 Å². The number of hydrogen-bond donors (Lipinski definition) is 2. The molecule has 5 nitrogen and oxygen atoms in total. The van der Waals surface area contributed by atoms with Crippen LogP contribution in [0.25, 0.3) is 22.0 Å². The Morgan fingerprint density at radius 2 is 1.69 bits per heavy atom. The minimum atomic E-state index is -0.650. The monoisotopic (exact) mass is 381 g/mol. The summed E-state index contributed by atoms with van der Waals surface area (Å²) in [4.78, 5) is 31.8. The van der Waals surface area contributed by atoms with Gasteiger partial charge in [0.2, 0.25) is 5.91 Å². The van der Waals surface area contributed by atoms with Gasteiger partial charge in [0.05, 0.1) is 22.6 Å². The van der Waals surface area contributed by atoms with Crippen LogP contribution in [0, 0.1) is 0 Å². The van der Waals surface area contributed by atoms with Crippen LogP contribution in [-0.2, 0) is 16.6 Å². The van der Waals surface area contributed by atoms with Gasteiger partial charge in [-0.3, -0.25) is 9.59 Å². The van der Waals surface area contributed by atoms with Crippen molar-refractivity contribution in [3.8, 4) is 11.1 Å². The summed E-state index contributed by atoms with van der Waals surface area (Å²) in [6.45, 7) is 1.99. The van der Waals surface area contributed by atoms with Crippen LogP contribution in [0.3, 0.4) is 0 Å². The highest BCUT2D eigenvalue weighted by Gasteiger charge is 2.42. The van der Waals surface area contributed by atoms with Gasteiger partial charge < -0.3 is 10.3 Å². The van der Waals surface area contributed by atoms with E-state index in [1.54, 1.807) is 0 Å². The summed E-state index contributed by atoms with van der Waals surface area (Å²) < 4.78 is 0. The molecule has 2 heterocycles. The first-order chi connectivity index (χ1) is 14.0. The first kappa shape index (κ1) is 17.4. The number of hydrogen-bond acceptors (Lipinski definition) is 3. The van der Waals surface area contributed by atoms with Crippen molar-refractivity contribution in [3.63, 3.8) is 0 Å². The molecular weight excluding hydrogens is 362 g/mol. The van der Waals surface area contributed by atoms with Gasteiger partial charge in [-0.05, 0) is 59.9 Å². The summed E-state index contributed by atoms with van der Waals surface area (Å²) >= 11 is 0. The molecule has 1 unspecified atom stereocenters. The quantitative estimate of drug-likeness (QED) is 0.562. The van der Waals surface area contributed by atoms with Gasteiger partial charge in [0.1, 0.15) is 0 Å². The van der Waals surface area contributed by atoms with Gasteiger partial charge in [-0.2, -0.15) is 0 Å². The molecule has 1 aromatic heterocycles. The van der Waals surface area contributed by atoms with Crippen molar-refractivity contribution in [1.82, 2.24) is 9.97 Å². The molecule has 0 fully saturated rings. The van der Waals surface area contributed by atoms with Crippen LogP contribution in [0.4, 0.5) is 5.69 Å². The highest BCUT2D eigenvalue weighted by Crippen LogP contribution is 2.42. The molecule has 5 rings (SSSR count). The molecule has 1 amide bonds. The van der Waals surface area contributed by atoms with Crippen LogP contribution in [0.1, 0.15) is 18.1 Å². The van der Waals surface area contributed by atoms with Crippen LogP contribution in [0.15, 0.2) is 77.9 Å². The predicted octanol–water partition coefficient (Wildman–Crippen LogP) is 4.04. The van der Waals surface area contributed by atoms with Crippen molar-refractivity contribution < 1.29 is 4.79 Å². The number of aromatic amines is 1. The van der Waals surface area contributed by atoms with Crippen LogP contribution in [-0.4, -0.2) is 15.9 Å². The lowest BCUT2D eigenvalue weighted by atomic mass is 9.77. The molecule has 5 heteroatoms. The molecule has 3 aromatic carbocycles. The van der Waals surface area contributed by atoms with E-state index in [0.29, 0.717) is 17.3 Å². The van der Waals surface area contributed by atoms with Gasteiger partial charge in [-0.25, -0.2) is 4.98 Å². The Kier molecular flexibility index (Phi) is 3.84. The maximum atomic E-state index is 12.9. The number of carbonyl (C=O) groups excluding carboxylic acids is 1. The summed E-state index contributed by atoms with van der Waals surface area (Å²) in [6.07, 6.45) is 2.03. The number of H-pyrrole nitrogens is 1. The molecule has 1 aliphatic rings. The summed E-state index contributed by atoms with van der Waals surface area (Å²) in [5.41, 5.74) is 4.66. The van der Waals surface area contributed by atoms with E-state index < -0.39 is 5.41 Å². The Hall–Kier alpha value is -3.73. The number of fused-ring (bicyclic) bond motifs is 2. The number of nitrogens with one attached hydrogen (secondary N) is 2. The van der Waals surface area contributed by atoms with E-state index in [0.717, 1.165) is 27.9 Å². The molecule has 0 saturated carbocycles. The van der Waals surface area contributed by atoms with Gasteiger partial charge in [-0.15, -0.1) is 0 Å². The maximum Gasteiger partial charge on any atom is 0.258 e. The van der Waals surface area contributed by atoms with Gasteiger partial charge >= 0.3 is 0 Å². The SMILES string of the molecule is CC1(Cc2ccccc2)C(=O)Nc2ccc(-c3ccc4nc[nH]c(=O)c4c3)cc21. The zero-order chi connectivity index (χ0) is 20.0. The maximum absolute atomic E-state index is 12.9. The number of nitrogens with zero attached hydrogens (tertiary/aromatic N) is 1. The number of amides is 1. The fraction of sp³-hybridized carbons (Fsp3) is 0.125. The second-order valence-corrected chi connectivity index (χ2v) is 7.67. The van der Waals surface area contributed by atoms with E-state index in [-0.39, 0.29) is 11.5 Å². The molecule has 142 valence electrons. The molecule has 1 aliphatic heterocycles. The van der Waals surface area contributed by atoms with Crippen LogP contribution >= 0.6 is 0 Å². The standard InChI is InChI=1S/C24H19N3O2/c1-24(13-15-5-3-2-4-6-15)19-12-17(8-10-21(19)27-23(24)29)16-7-9-20-18(11-16)22(28)26-14-25-20/h2-12,14H,13H2,1H3,(H,27,29)(H,25,26,28). The average Bonchev–Trinajstić information content (AvgIpc) is 2.98. The third-order valence-corrected chi connectivity index (χ3v) is 5.74. The zero-order valence-electron chi connectivity index (χ0n) is 15.9. The second-order valence-electron chi connectivity index (χ2n) is 7.67. The molecule has 0 saturated heterocycles. The smallest absolute Gasteiger partial charge is 0.258 e. The van der Waals surface area contributed by atoms with Crippen molar-refractivity contribution in [3.05, 3.63) is 94.5 Å². The Labute approximate surface area is 167 Å². The third-order valence-electron chi connectivity index (χ3n) is 5.74. The van der Waals surface area contributed by atoms with E-state index in [1.165, 1.54) is 6.33 Å². The highest BCUT2D eigenvalue weighted by atomic mass is 16.2. The lowest BCUT2D eigenvalue weighted by Crippen LogP contribution is -2.33. The summed E-state index contributed by atoms with van der Waals surface area (Å²) in [5, 5.41) is 3.57. The largest absolute Gasteiger partial charge is 0.325 e. The summed E-state index contributed by atoms with van der Waals surface area (Å²) in [7, 11) is 0. The summed E-state index contributed by atoms with van der Waals surface area (Å²) in [6, 6.07) is 21.7. The molecule has 1 atom stereocenters. The number of rotatable bonds is 3. The third kappa shape index (κ3) is 2.83. The van der Waals surface area contributed by atoms with Gasteiger partial charge in [0, 0.05) is 5.69 Å². The van der Waals surface area contributed by atoms with Crippen molar-refractivity contribution in [2.75, 3.05) is 5.32 Å². The minimum Gasteiger partial charge on any atom is -0.325 e. The van der Waals surface area contributed by atoms with E-state index in [2.05, 4.69) is 21.4 Å². The second kappa shape index (κ2) is 6.41. The molecule has 2 N–H and O–H groups in total. The Morgan fingerprint density at radius 1 is 0.931 bits per heavy atom. The molecule has 0 aliphatic carbocycles. The average molecular weight is 381 g/mol. The molecule has 0 spiro atoms. The normalized spacial score (nSPS) is 17.9.